The number of allylic oxidation sites excluding steroid dienone is 3. The molecule has 5 heterocycles. The molecule has 0 saturated heterocycles. The Kier molecular flexibility index (Phi) is 7.91. The Bertz CT molecular complexity index is 1760. The van der Waals surface area contributed by atoms with Crippen molar-refractivity contribution in [1.82, 2.24) is 9.97 Å². The third kappa shape index (κ3) is 5.29. The second-order valence-corrected chi connectivity index (χ2v) is 11.5. The molecule has 8 nitrogen and oxygen atoms in total. The second kappa shape index (κ2) is 11.4. The van der Waals surface area contributed by atoms with Gasteiger partial charge in [-0.05, 0) is 91.2 Å². The summed E-state index contributed by atoms with van der Waals surface area (Å²) in [6, 6.07) is 0.0394. The summed E-state index contributed by atoms with van der Waals surface area (Å²) in [5.74, 6) is -1.43. The highest BCUT2D eigenvalue weighted by atomic mass is 16.4. The molecule has 0 fully saturated rings. The van der Waals surface area contributed by atoms with Crippen molar-refractivity contribution in [3.8, 4) is 0 Å². The molecule has 0 spiro atoms. The first kappa shape index (κ1) is 29.0. The molecule has 0 saturated carbocycles. The summed E-state index contributed by atoms with van der Waals surface area (Å²) in [5, 5.41) is 20.6. The van der Waals surface area contributed by atoms with Gasteiger partial charge in [0.25, 0.3) is 0 Å². The maximum atomic E-state index is 11.5. The maximum absolute atomic E-state index is 11.5. The molecule has 8 heteroatoms. The molecule has 42 heavy (non-hydrogen) atoms. The van der Waals surface area contributed by atoms with Gasteiger partial charge < -0.3 is 20.2 Å². The Labute approximate surface area is 245 Å². The zero-order valence-corrected chi connectivity index (χ0v) is 24.7. The minimum atomic E-state index is -0.873. The van der Waals surface area contributed by atoms with Crippen LogP contribution < -0.4 is 10.7 Å². The maximum Gasteiger partial charge on any atom is 0.303 e. The van der Waals surface area contributed by atoms with Crippen molar-refractivity contribution >= 4 is 47.7 Å². The Morgan fingerprint density at radius 2 is 1.71 bits per heavy atom. The summed E-state index contributed by atoms with van der Waals surface area (Å²) >= 11 is 0. The van der Waals surface area contributed by atoms with E-state index in [-0.39, 0.29) is 30.7 Å². The lowest BCUT2D eigenvalue weighted by atomic mass is 9.86. The standard InChI is InChI=1S/C34H38N4O4/c1-7-21-17(3)25-13-26-19(5)23(9-11-33(39)40)31(37-26)16-32-24(10-12-34(41)42)20(6)28(38-32)15-30-22(8-2)18(4)27(36-30)14-29(21)35-25/h7-8,13,15-16,18,22,27,35,38H,1-2,9-12,14H2,3-6H3,(H,39,40)(H,41,42)/b26-13-,28-15-,32-16-/t18?,22-,27+/m1/s1. The lowest BCUT2D eigenvalue weighted by Gasteiger charge is -2.17. The highest BCUT2D eigenvalue weighted by Gasteiger charge is 2.34. The van der Waals surface area contributed by atoms with Crippen molar-refractivity contribution in [2.75, 3.05) is 0 Å². The third-order valence-electron chi connectivity index (χ3n) is 8.99. The predicted octanol–water partition coefficient (Wildman–Crippen LogP) is 4.68. The second-order valence-electron chi connectivity index (χ2n) is 11.5. The topological polar surface area (TPSA) is 131 Å². The highest BCUT2D eigenvalue weighted by Crippen LogP contribution is 2.35. The number of carboxylic acid groups (broad SMARTS) is 2. The molecular weight excluding hydrogens is 528 g/mol. The molecule has 3 aliphatic heterocycles. The smallest absolute Gasteiger partial charge is 0.303 e. The summed E-state index contributed by atoms with van der Waals surface area (Å²) in [5.41, 5.74) is 10.2. The summed E-state index contributed by atoms with van der Waals surface area (Å²) in [7, 11) is 0. The van der Waals surface area contributed by atoms with Crippen LogP contribution in [-0.4, -0.2) is 49.6 Å². The molecule has 218 valence electrons. The lowest BCUT2D eigenvalue weighted by Crippen LogP contribution is -2.22. The molecule has 0 aliphatic carbocycles. The van der Waals surface area contributed by atoms with Crippen molar-refractivity contribution in [3.63, 3.8) is 0 Å². The quantitative estimate of drug-likeness (QED) is 0.346. The molecule has 4 N–H and O–H groups in total. The van der Waals surface area contributed by atoms with E-state index < -0.39 is 11.9 Å². The van der Waals surface area contributed by atoms with Crippen molar-refractivity contribution in [2.45, 2.75) is 65.8 Å². The van der Waals surface area contributed by atoms with E-state index in [9.17, 15) is 19.8 Å². The largest absolute Gasteiger partial charge is 0.481 e. The van der Waals surface area contributed by atoms with E-state index in [2.05, 4.69) is 43.0 Å². The Balaban J connectivity index is 1.80. The Hall–Kier alpha value is -4.46. The van der Waals surface area contributed by atoms with Gasteiger partial charge in [-0.3, -0.25) is 14.6 Å². The molecule has 3 atom stereocenters. The van der Waals surface area contributed by atoms with Crippen molar-refractivity contribution in [3.05, 3.63) is 80.4 Å². The minimum Gasteiger partial charge on any atom is -0.481 e. The van der Waals surface area contributed by atoms with Gasteiger partial charge >= 0.3 is 11.9 Å². The normalized spacial score (nSPS) is 24.1. The number of nitrogens with one attached hydrogen (secondary N) is 2. The van der Waals surface area contributed by atoms with Gasteiger partial charge in [0.2, 0.25) is 0 Å². The van der Waals surface area contributed by atoms with E-state index in [0.29, 0.717) is 25.0 Å². The monoisotopic (exact) mass is 566 g/mol. The fourth-order valence-electron chi connectivity index (χ4n) is 6.45. The van der Waals surface area contributed by atoms with Gasteiger partial charge in [0, 0.05) is 53.0 Å². The molecule has 3 aliphatic rings. The minimum absolute atomic E-state index is 0.00741. The fraction of sp³-hybridized carbons (Fsp3) is 0.353. The Morgan fingerprint density at radius 1 is 1.00 bits per heavy atom. The highest BCUT2D eigenvalue weighted by molar-refractivity contribution is 6.23. The van der Waals surface area contributed by atoms with E-state index in [1.54, 1.807) is 0 Å². The van der Waals surface area contributed by atoms with Crippen LogP contribution in [0.3, 0.4) is 0 Å². The van der Waals surface area contributed by atoms with Gasteiger partial charge in [-0.25, -0.2) is 4.99 Å². The number of carboxylic acids is 2. The van der Waals surface area contributed by atoms with Gasteiger partial charge in [0.1, 0.15) is 0 Å². The average Bonchev–Trinajstić information content (AvgIpc) is 3.59. The number of fused-ring (bicyclic) bond motifs is 6. The van der Waals surface area contributed by atoms with Crippen LogP contribution in [0.4, 0.5) is 0 Å². The number of aromatic nitrogens is 2. The SMILES string of the molecule is C=Cc1c2[nH]c(c1C)/C=C1N=C(/C=c3\[nH]/c(c(C)c3CCC(=O)O)=C\C3=N[C@@H](C2)C(C)[C@H]3C=C)C(CCC(=O)O)=C\1C. The third-order valence-corrected chi connectivity index (χ3v) is 8.99. The van der Waals surface area contributed by atoms with Crippen LogP contribution in [0.5, 0.6) is 0 Å². The van der Waals surface area contributed by atoms with E-state index in [0.717, 1.165) is 66.9 Å². The number of H-pyrrole nitrogens is 2. The number of aliphatic carboxylic acids is 2. The lowest BCUT2D eigenvalue weighted by molar-refractivity contribution is -0.137. The van der Waals surface area contributed by atoms with Crippen LogP contribution >= 0.6 is 0 Å². The number of hydrogen-bond acceptors (Lipinski definition) is 4. The molecule has 0 radical (unpaired) electrons. The van der Waals surface area contributed by atoms with E-state index in [1.165, 1.54) is 0 Å². The first-order chi connectivity index (χ1) is 20.0. The number of hydrogen-bond donors (Lipinski definition) is 4. The van der Waals surface area contributed by atoms with Gasteiger partial charge in [-0.2, -0.15) is 0 Å². The average molecular weight is 567 g/mol. The predicted molar refractivity (Wildman–Crippen MR) is 168 cm³/mol. The van der Waals surface area contributed by atoms with E-state index in [1.807, 2.05) is 38.2 Å². The summed E-state index contributed by atoms with van der Waals surface area (Å²) < 4.78 is 0. The first-order valence-electron chi connectivity index (χ1n) is 14.4. The molecule has 8 bridgehead atoms. The van der Waals surface area contributed by atoms with Gasteiger partial charge in [0.05, 0.1) is 17.5 Å². The van der Waals surface area contributed by atoms with E-state index in [4.69, 9.17) is 9.98 Å². The van der Waals surface area contributed by atoms with Crippen molar-refractivity contribution in [2.24, 2.45) is 21.8 Å². The molecule has 0 aromatic carbocycles. The molecule has 0 amide bonds. The fourth-order valence-corrected chi connectivity index (χ4v) is 6.45. The van der Waals surface area contributed by atoms with Crippen LogP contribution in [0.25, 0.3) is 24.3 Å². The van der Waals surface area contributed by atoms with Crippen LogP contribution in [0.1, 0.15) is 66.8 Å². The first-order valence-corrected chi connectivity index (χ1v) is 14.4. The number of aromatic amines is 2. The summed E-state index contributed by atoms with van der Waals surface area (Å²) in [6.45, 7) is 16.5. The molecule has 2 aromatic rings. The molecule has 5 rings (SSSR count). The van der Waals surface area contributed by atoms with Gasteiger partial charge in [-0.1, -0.05) is 25.7 Å². The molecular formula is C34H38N4O4. The van der Waals surface area contributed by atoms with Gasteiger partial charge in [0.15, 0.2) is 0 Å². The number of nitrogens with zero attached hydrogens (tertiary/aromatic N) is 2. The summed E-state index contributed by atoms with van der Waals surface area (Å²) in [4.78, 5) is 40.4. The molecule has 1 unspecified atom stereocenters. The van der Waals surface area contributed by atoms with Crippen molar-refractivity contribution < 1.29 is 19.8 Å². The van der Waals surface area contributed by atoms with Crippen LogP contribution in [0.15, 0.2) is 46.1 Å². The van der Waals surface area contributed by atoms with Crippen LogP contribution in [-0.2, 0) is 22.4 Å². The zero-order chi connectivity index (χ0) is 30.3. The van der Waals surface area contributed by atoms with Gasteiger partial charge in [-0.15, -0.1) is 6.58 Å². The Morgan fingerprint density at radius 3 is 2.38 bits per heavy atom. The number of carbonyl (C=O) groups is 2. The number of rotatable bonds is 8. The van der Waals surface area contributed by atoms with Crippen molar-refractivity contribution in [1.29, 1.82) is 0 Å². The zero-order valence-electron chi connectivity index (χ0n) is 24.7. The van der Waals surface area contributed by atoms with Crippen LogP contribution in [0, 0.1) is 25.7 Å². The van der Waals surface area contributed by atoms with Crippen LogP contribution in [0.2, 0.25) is 0 Å². The number of aliphatic imine (C=N–C) groups is 2. The molecule has 2 aromatic heterocycles. The van der Waals surface area contributed by atoms with E-state index >= 15 is 0 Å². The summed E-state index contributed by atoms with van der Waals surface area (Å²) in [6.07, 6.45) is 11.3.